The van der Waals surface area contributed by atoms with Gasteiger partial charge in [0.15, 0.2) is 0 Å². The monoisotopic (exact) mass is 262 g/mol. The molecule has 0 aliphatic heterocycles. The second-order valence-corrected chi connectivity index (χ2v) is 4.23. The third-order valence-corrected chi connectivity index (χ3v) is 2.71. The van der Waals surface area contributed by atoms with Gasteiger partial charge in [0.1, 0.15) is 23.1 Å². The van der Waals surface area contributed by atoms with Crippen LogP contribution in [0.1, 0.15) is 11.1 Å². The van der Waals surface area contributed by atoms with Crippen molar-refractivity contribution in [1.29, 1.82) is 0 Å². The fourth-order valence-corrected chi connectivity index (χ4v) is 1.58. The van der Waals surface area contributed by atoms with Gasteiger partial charge in [-0.25, -0.2) is 8.78 Å². The lowest BCUT2D eigenvalue weighted by Gasteiger charge is -2.09. The molecule has 0 aromatic heterocycles. The highest BCUT2D eigenvalue weighted by atomic mass is 19.1. The third-order valence-electron chi connectivity index (χ3n) is 2.71. The van der Waals surface area contributed by atoms with Crippen molar-refractivity contribution in [2.75, 3.05) is 0 Å². The van der Waals surface area contributed by atoms with E-state index in [-0.39, 0.29) is 19.3 Å². The summed E-state index contributed by atoms with van der Waals surface area (Å²) >= 11 is 0. The quantitative estimate of drug-likeness (QED) is 0.787. The Morgan fingerprint density at radius 2 is 1.21 bits per heavy atom. The van der Waals surface area contributed by atoms with Gasteiger partial charge in [0.25, 0.3) is 0 Å². The van der Waals surface area contributed by atoms with Crippen LogP contribution in [-0.4, -0.2) is 7.69 Å². The molecule has 2 rings (SSSR count). The Morgan fingerprint density at radius 1 is 0.789 bits per heavy atom. The summed E-state index contributed by atoms with van der Waals surface area (Å²) in [7, 11) is -0.0177. The van der Waals surface area contributed by atoms with E-state index in [0.29, 0.717) is 22.6 Å². The summed E-state index contributed by atoms with van der Waals surface area (Å²) < 4.78 is 36.8. The highest BCUT2D eigenvalue weighted by molar-refractivity contribution is 6.20. The van der Waals surface area contributed by atoms with Crippen molar-refractivity contribution < 1.29 is 18.1 Å². The summed E-state index contributed by atoms with van der Waals surface area (Å²) in [6.07, 6.45) is 0. The van der Waals surface area contributed by atoms with Gasteiger partial charge in [-0.3, -0.25) is 0 Å². The molecule has 0 bridgehead atoms. The molecule has 0 aliphatic rings. The Kier molecular flexibility index (Phi) is 4.05. The van der Waals surface area contributed by atoms with E-state index in [0.717, 1.165) is 0 Å². The lowest BCUT2D eigenvalue weighted by Crippen LogP contribution is -2.11. The summed E-state index contributed by atoms with van der Waals surface area (Å²) in [6, 6.07) is 8.92. The molecule has 0 saturated heterocycles. The van der Waals surface area contributed by atoms with Gasteiger partial charge in [-0.1, -0.05) is 0 Å². The van der Waals surface area contributed by atoms with Crippen LogP contribution in [0.2, 0.25) is 0 Å². The Balaban J connectivity index is 1.92. The fraction of sp³-hybridized carbons (Fsp3) is 0.143. The largest absolute Gasteiger partial charge is 0.576 e. The van der Waals surface area contributed by atoms with Crippen molar-refractivity contribution in [3.05, 3.63) is 59.2 Å². The molecule has 2 aromatic rings. The zero-order valence-corrected chi connectivity index (χ0v) is 10.7. The zero-order chi connectivity index (χ0) is 13.8. The standard InChI is InChI=1S/C14H13BF2O2/c1-9-7-11(3-5-13(9)16)18-15-19-12-4-6-14(17)10(2)8-12/h3-8,15H,1-2H3. The second-order valence-electron chi connectivity index (χ2n) is 4.23. The van der Waals surface area contributed by atoms with Crippen molar-refractivity contribution >= 4 is 7.69 Å². The molecule has 2 aromatic carbocycles. The minimum Gasteiger partial charge on any atom is -0.529 e. The minimum atomic E-state index is -0.276. The van der Waals surface area contributed by atoms with Crippen molar-refractivity contribution in [2.24, 2.45) is 0 Å². The SMILES string of the molecule is Cc1cc(OBOc2ccc(F)c(C)c2)ccc1F. The first kappa shape index (κ1) is 13.4. The van der Waals surface area contributed by atoms with Crippen LogP contribution in [0.3, 0.4) is 0 Å². The molecule has 0 heterocycles. The number of hydrogen-bond donors (Lipinski definition) is 0. The number of benzene rings is 2. The summed E-state index contributed by atoms with van der Waals surface area (Å²) in [6.45, 7) is 3.32. The maximum Gasteiger partial charge on any atom is 0.576 e. The molecular weight excluding hydrogens is 249 g/mol. The third kappa shape index (κ3) is 3.47. The van der Waals surface area contributed by atoms with Gasteiger partial charge in [-0.15, -0.1) is 0 Å². The predicted octanol–water partition coefficient (Wildman–Crippen LogP) is 3.31. The molecule has 0 N–H and O–H groups in total. The van der Waals surface area contributed by atoms with Crippen LogP contribution in [0.5, 0.6) is 11.5 Å². The molecule has 19 heavy (non-hydrogen) atoms. The average Bonchev–Trinajstić information content (AvgIpc) is 2.38. The first-order chi connectivity index (χ1) is 9.06. The van der Waals surface area contributed by atoms with Crippen LogP contribution in [-0.2, 0) is 0 Å². The van der Waals surface area contributed by atoms with Crippen LogP contribution < -0.4 is 9.31 Å². The van der Waals surface area contributed by atoms with Gasteiger partial charge in [-0.05, 0) is 61.4 Å². The summed E-state index contributed by atoms with van der Waals surface area (Å²) in [5.74, 6) is 0.500. The number of hydrogen-bond acceptors (Lipinski definition) is 2. The van der Waals surface area contributed by atoms with Crippen LogP contribution >= 0.6 is 0 Å². The van der Waals surface area contributed by atoms with Crippen molar-refractivity contribution in [1.82, 2.24) is 0 Å². The molecule has 0 fully saturated rings. The van der Waals surface area contributed by atoms with E-state index in [9.17, 15) is 8.78 Å². The van der Waals surface area contributed by atoms with Crippen molar-refractivity contribution in [2.45, 2.75) is 13.8 Å². The Morgan fingerprint density at radius 3 is 1.58 bits per heavy atom. The molecular formula is C14H13BF2O2. The normalized spacial score (nSPS) is 10.1. The molecule has 0 radical (unpaired) electrons. The van der Waals surface area contributed by atoms with Crippen molar-refractivity contribution in [3.8, 4) is 11.5 Å². The van der Waals surface area contributed by atoms with Gasteiger partial charge in [0.2, 0.25) is 0 Å². The van der Waals surface area contributed by atoms with Crippen LogP contribution in [0.4, 0.5) is 8.78 Å². The van der Waals surface area contributed by atoms with Crippen molar-refractivity contribution in [3.63, 3.8) is 0 Å². The smallest absolute Gasteiger partial charge is 0.529 e. The highest BCUT2D eigenvalue weighted by Gasteiger charge is 2.04. The molecule has 0 spiro atoms. The first-order valence-corrected chi connectivity index (χ1v) is 5.84. The van der Waals surface area contributed by atoms with Gasteiger partial charge in [0, 0.05) is 0 Å². The zero-order valence-electron chi connectivity index (χ0n) is 10.7. The summed E-state index contributed by atoms with van der Waals surface area (Å²) in [5, 5.41) is 0. The maximum absolute atomic E-state index is 13.0. The number of aryl methyl sites for hydroxylation is 2. The van der Waals surface area contributed by atoms with Crippen LogP contribution in [0.15, 0.2) is 36.4 Å². The molecule has 2 nitrogen and oxygen atoms in total. The van der Waals surface area contributed by atoms with E-state index in [4.69, 9.17) is 9.31 Å². The fourth-order valence-electron chi connectivity index (χ4n) is 1.58. The van der Waals surface area contributed by atoms with Crippen LogP contribution in [0.25, 0.3) is 0 Å². The highest BCUT2D eigenvalue weighted by Crippen LogP contribution is 2.17. The Labute approximate surface area is 111 Å². The van der Waals surface area contributed by atoms with Gasteiger partial charge in [0.05, 0.1) is 0 Å². The molecule has 0 atom stereocenters. The average molecular weight is 262 g/mol. The summed E-state index contributed by atoms with van der Waals surface area (Å²) in [5.41, 5.74) is 1.02. The molecule has 5 heteroatoms. The van der Waals surface area contributed by atoms with Gasteiger partial charge >= 0.3 is 7.69 Å². The maximum atomic E-state index is 13.0. The second kappa shape index (κ2) is 5.74. The Hall–Kier alpha value is -2.04. The molecule has 0 aliphatic carbocycles. The minimum absolute atomic E-state index is 0.0177. The van der Waals surface area contributed by atoms with E-state index < -0.39 is 0 Å². The van der Waals surface area contributed by atoms with E-state index in [1.54, 1.807) is 26.0 Å². The topological polar surface area (TPSA) is 18.5 Å². The lowest BCUT2D eigenvalue weighted by atomic mass is 10.2. The van der Waals surface area contributed by atoms with Gasteiger partial charge in [-0.2, -0.15) is 0 Å². The van der Waals surface area contributed by atoms with E-state index >= 15 is 0 Å². The lowest BCUT2D eigenvalue weighted by molar-refractivity contribution is 0.456. The number of halogens is 2. The van der Waals surface area contributed by atoms with E-state index in [2.05, 4.69) is 0 Å². The molecule has 0 unspecified atom stereocenters. The van der Waals surface area contributed by atoms with Gasteiger partial charge < -0.3 is 9.31 Å². The molecule has 0 saturated carbocycles. The molecule has 0 amide bonds. The predicted molar refractivity (Wildman–Crippen MR) is 70.7 cm³/mol. The first-order valence-electron chi connectivity index (χ1n) is 5.84. The van der Waals surface area contributed by atoms with E-state index in [1.807, 2.05) is 0 Å². The molecule has 98 valence electrons. The Bertz CT molecular complexity index is 536. The van der Waals surface area contributed by atoms with E-state index in [1.165, 1.54) is 24.3 Å². The number of rotatable bonds is 4. The van der Waals surface area contributed by atoms with Crippen LogP contribution in [0, 0.1) is 25.5 Å². The summed E-state index contributed by atoms with van der Waals surface area (Å²) in [4.78, 5) is 0.